The SMILES string of the molecule is CC(C)(C)[C@@H]1CCc2c(sc(N=Cc3cccc(I)c3)c2C(=O)NCc2ccco2)C1. The molecule has 0 saturated carbocycles. The lowest BCUT2D eigenvalue weighted by molar-refractivity contribution is 0.0947. The van der Waals surface area contributed by atoms with E-state index in [4.69, 9.17) is 9.41 Å². The van der Waals surface area contributed by atoms with Crippen molar-refractivity contribution in [3.63, 3.8) is 0 Å². The Morgan fingerprint density at radius 2 is 2.16 bits per heavy atom. The largest absolute Gasteiger partial charge is 0.467 e. The number of amides is 1. The molecule has 1 atom stereocenters. The average Bonchev–Trinajstić information content (AvgIpc) is 3.37. The van der Waals surface area contributed by atoms with E-state index in [1.807, 2.05) is 30.5 Å². The first-order valence-electron chi connectivity index (χ1n) is 10.6. The van der Waals surface area contributed by atoms with Crippen LogP contribution in [0.1, 0.15) is 59.3 Å². The van der Waals surface area contributed by atoms with Crippen LogP contribution in [0.25, 0.3) is 0 Å². The molecule has 1 amide bonds. The zero-order chi connectivity index (χ0) is 22.0. The second-order valence-corrected chi connectivity index (χ2v) is 11.4. The van der Waals surface area contributed by atoms with Gasteiger partial charge < -0.3 is 9.73 Å². The predicted octanol–water partition coefficient (Wildman–Crippen LogP) is 6.78. The van der Waals surface area contributed by atoms with Crippen molar-refractivity contribution in [1.29, 1.82) is 0 Å². The van der Waals surface area contributed by atoms with E-state index >= 15 is 0 Å². The molecule has 2 heterocycles. The van der Waals surface area contributed by atoms with Crippen LogP contribution in [0.4, 0.5) is 5.00 Å². The van der Waals surface area contributed by atoms with E-state index < -0.39 is 0 Å². The van der Waals surface area contributed by atoms with Crippen LogP contribution in [0.5, 0.6) is 0 Å². The molecule has 0 radical (unpaired) electrons. The molecule has 0 bridgehead atoms. The van der Waals surface area contributed by atoms with E-state index in [0.29, 0.717) is 12.5 Å². The summed E-state index contributed by atoms with van der Waals surface area (Å²) in [6.07, 6.45) is 6.53. The molecule has 162 valence electrons. The summed E-state index contributed by atoms with van der Waals surface area (Å²) in [5.74, 6) is 1.29. The first-order chi connectivity index (χ1) is 14.8. The Bertz CT molecular complexity index is 1090. The number of carbonyl (C=O) groups is 1. The van der Waals surface area contributed by atoms with Gasteiger partial charge in [-0.2, -0.15) is 0 Å². The lowest BCUT2D eigenvalue weighted by Crippen LogP contribution is -2.28. The van der Waals surface area contributed by atoms with Gasteiger partial charge in [-0.3, -0.25) is 4.79 Å². The monoisotopic (exact) mass is 546 g/mol. The third-order valence-corrected chi connectivity index (χ3v) is 7.71. The van der Waals surface area contributed by atoms with E-state index in [9.17, 15) is 4.79 Å². The van der Waals surface area contributed by atoms with Gasteiger partial charge in [0.25, 0.3) is 5.91 Å². The molecule has 1 aliphatic rings. The molecular weight excluding hydrogens is 519 g/mol. The standard InChI is InChI=1S/C25H27IN2O2S/c1-25(2,3)17-9-10-20-21(13-17)31-24(28-14-16-6-4-7-18(26)12-16)22(20)23(29)27-15-19-8-5-11-30-19/h4-8,11-12,14,17H,9-10,13,15H2,1-3H3,(H,27,29)/t17-/m1/s1. The molecule has 2 aromatic heterocycles. The van der Waals surface area contributed by atoms with Crippen molar-refractivity contribution in [3.8, 4) is 0 Å². The van der Waals surface area contributed by atoms with Crippen LogP contribution in [0.2, 0.25) is 0 Å². The Kier molecular flexibility index (Phi) is 6.67. The Labute approximate surface area is 201 Å². The minimum atomic E-state index is -0.0714. The zero-order valence-electron chi connectivity index (χ0n) is 18.1. The highest BCUT2D eigenvalue weighted by Gasteiger charge is 2.33. The number of aliphatic imine (C=N–C) groups is 1. The molecule has 1 aromatic carbocycles. The fourth-order valence-corrected chi connectivity index (χ4v) is 5.86. The van der Waals surface area contributed by atoms with Gasteiger partial charge in [0.2, 0.25) is 0 Å². The molecule has 1 N–H and O–H groups in total. The summed E-state index contributed by atoms with van der Waals surface area (Å²) >= 11 is 3.97. The Balaban J connectivity index is 1.65. The van der Waals surface area contributed by atoms with Crippen molar-refractivity contribution < 1.29 is 9.21 Å². The maximum atomic E-state index is 13.2. The summed E-state index contributed by atoms with van der Waals surface area (Å²) in [4.78, 5) is 19.3. The van der Waals surface area contributed by atoms with Gasteiger partial charge in [-0.1, -0.05) is 32.9 Å². The summed E-state index contributed by atoms with van der Waals surface area (Å²) < 4.78 is 6.53. The summed E-state index contributed by atoms with van der Waals surface area (Å²) in [7, 11) is 0. The van der Waals surface area contributed by atoms with Gasteiger partial charge in [0.1, 0.15) is 10.8 Å². The maximum absolute atomic E-state index is 13.2. The number of halogens is 1. The van der Waals surface area contributed by atoms with Gasteiger partial charge in [0, 0.05) is 14.7 Å². The van der Waals surface area contributed by atoms with E-state index in [1.54, 1.807) is 17.6 Å². The summed E-state index contributed by atoms with van der Waals surface area (Å²) in [6.45, 7) is 7.30. The van der Waals surface area contributed by atoms with Gasteiger partial charge in [0.15, 0.2) is 0 Å². The van der Waals surface area contributed by atoms with Crippen molar-refractivity contribution in [2.45, 2.75) is 46.6 Å². The normalized spacial score (nSPS) is 16.5. The van der Waals surface area contributed by atoms with Gasteiger partial charge in [0.05, 0.1) is 18.4 Å². The highest BCUT2D eigenvalue weighted by Crippen LogP contribution is 2.45. The summed E-state index contributed by atoms with van der Waals surface area (Å²) in [6, 6.07) is 11.9. The molecule has 4 rings (SSSR count). The molecular formula is C25H27IN2O2S. The van der Waals surface area contributed by atoms with E-state index in [1.165, 1.54) is 10.4 Å². The molecule has 0 spiro atoms. The number of thiophene rings is 1. The minimum absolute atomic E-state index is 0.0714. The van der Waals surface area contributed by atoms with Gasteiger partial charge in [-0.15, -0.1) is 11.3 Å². The van der Waals surface area contributed by atoms with E-state index in [-0.39, 0.29) is 11.3 Å². The number of hydrogen-bond acceptors (Lipinski definition) is 4. The molecule has 0 unspecified atom stereocenters. The first-order valence-corrected chi connectivity index (χ1v) is 12.5. The van der Waals surface area contributed by atoms with Crippen LogP contribution >= 0.6 is 33.9 Å². The lowest BCUT2D eigenvalue weighted by Gasteiger charge is -2.33. The van der Waals surface area contributed by atoms with Crippen LogP contribution in [0.15, 0.2) is 52.1 Å². The van der Waals surface area contributed by atoms with Crippen LogP contribution in [0, 0.1) is 14.9 Å². The minimum Gasteiger partial charge on any atom is -0.467 e. The second-order valence-electron chi connectivity index (χ2n) is 9.06. The smallest absolute Gasteiger partial charge is 0.255 e. The zero-order valence-corrected chi connectivity index (χ0v) is 21.0. The number of carbonyl (C=O) groups excluding carboxylic acids is 1. The van der Waals surface area contributed by atoms with E-state index in [0.717, 1.165) is 44.7 Å². The fraction of sp³-hybridized carbons (Fsp3) is 0.360. The number of fused-ring (bicyclic) bond motifs is 1. The fourth-order valence-electron chi connectivity index (χ4n) is 4.02. The number of hydrogen-bond donors (Lipinski definition) is 1. The van der Waals surface area contributed by atoms with Crippen molar-refractivity contribution in [3.05, 3.63) is 73.6 Å². The van der Waals surface area contributed by atoms with Crippen molar-refractivity contribution in [2.75, 3.05) is 0 Å². The summed E-state index contributed by atoms with van der Waals surface area (Å²) in [5, 5.41) is 3.83. The van der Waals surface area contributed by atoms with Gasteiger partial charge in [-0.05, 0) is 88.6 Å². The average molecular weight is 546 g/mol. The molecule has 6 heteroatoms. The van der Waals surface area contributed by atoms with Gasteiger partial charge >= 0.3 is 0 Å². The molecule has 1 aliphatic carbocycles. The maximum Gasteiger partial charge on any atom is 0.255 e. The molecule has 31 heavy (non-hydrogen) atoms. The molecule has 0 aliphatic heterocycles. The summed E-state index contributed by atoms with van der Waals surface area (Å²) in [5.41, 5.74) is 3.21. The van der Waals surface area contributed by atoms with Crippen LogP contribution in [-0.4, -0.2) is 12.1 Å². The predicted molar refractivity (Wildman–Crippen MR) is 136 cm³/mol. The van der Waals surface area contributed by atoms with Crippen molar-refractivity contribution in [1.82, 2.24) is 5.32 Å². The molecule has 0 saturated heterocycles. The second kappa shape index (κ2) is 9.28. The Morgan fingerprint density at radius 3 is 2.87 bits per heavy atom. The van der Waals surface area contributed by atoms with E-state index in [2.05, 4.69) is 60.8 Å². The number of nitrogens with one attached hydrogen (secondary N) is 1. The third-order valence-electron chi connectivity index (χ3n) is 5.88. The first kappa shape index (κ1) is 22.3. The lowest BCUT2D eigenvalue weighted by atomic mass is 9.72. The quantitative estimate of drug-likeness (QED) is 0.284. The number of furan rings is 1. The Morgan fingerprint density at radius 1 is 1.32 bits per heavy atom. The highest BCUT2D eigenvalue weighted by molar-refractivity contribution is 14.1. The highest BCUT2D eigenvalue weighted by atomic mass is 127. The number of benzene rings is 1. The third kappa shape index (κ3) is 5.29. The van der Waals surface area contributed by atoms with Gasteiger partial charge in [-0.25, -0.2) is 4.99 Å². The number of rotatable bonds is 5. The Hall–Kier alpha value is -1.93. The van der Waals surface area contributed by atoms with Crippen LogP contribution in [-0.2, 0) is 19.4 Å². The van der Waals surface area contributed by atoms with Crippen molar-refractivity contribution in [2.24, 2.45) is 16.3 Å². The molecule has 0 fully saturated rings. The molecule has 4 nitrogen and oxygen atoms in total. The molecule has 3 aromatic rings. The van der Waals surface area contributed by atoms with Crippen LogP contribution in [0.3, 0.4) is 0 Å². The van der Waals surface area contributed by atoms with Crippen LogP contribution < -0.4 is 5.32 Å². The topological polar surface area (TPSA) is 54.6 Å². The van der Waals surface area contributed by atoms with Crippen molar-refractivity contribution >= 4 is 51.1 Å². The number of nitrogens with zero attached hydrogens (tertiary/aromatic N) is 1.